The van der Waals surface area contributed by atoms with Gasteiger partial charge in [-0.15, -0.1) is 5.10 Å². The Labute approximate surface area is 130 Å². The summed E-state index contributed by atoms with van der Waals surface area (Å²) in [6.07, 6.45) is 4.29. The summed E-state index contributed by atoms with van der Waals surface area (Å²) >= 11 is 4.25. The van der Waals surface area contributed by atoms with Crippen molar-refractivity contribution >= 4 is 23.5 Å². The van der Waals surface area contributed by atoms with Gasteiger partial charge in [-0.3, -0.25) is 0 Å². The molecule has 3 atom stereocenters. The quantitative estimate of drug-likeness (QED) is 0.838. The van der Waals surface area contributed by atoms with Crippen molar-refractivity contribution in [2.75, 3.05) is 18.1 Å². The van der Waals surface area contributed by atoms with E-state index < -0.39 is 0 Å². The molecule has 0 aliphatic carbocycles. The van der Waals surface area contributed by atoms with Gasteiger partial charge in [0.25, 0.3) is 0 Å². The first kappa shape index (κ1) is 16.2. The van der Waals surface area contributed by atoms with Crippen LogP contribution in [0.2, 0.25) is 0 Å². The van der Waals surface area contributed by atoms with Crippen molar-refractivity contribution in [3.8, 4) is 0 Å². The smallest absolute Gasteiger partial charge is 0.0768 e. The lowest BCUT2D eigenvalue weighted by Crippen LogP contribution is -2.39. The summed E-state index contributed by atoms with van der Waals surface area (Å²) in [7, 11) is 0. The maximum absolute atomic E-state index is 4.27. The van der Waals surface area contributed by atoms with Crippen LogP contribution in [0.3, 0.4) is 0 Å². The summed E-state index contributed by atoms with van der Waals surface area (Å²) in [5.41, 5.74) is 1.26. The molecule has 1 saturated heterocycles. The normalized spacial score (nSPS) is 24.8. The van der Waals surface area contributed by atoms with Crippen LogP contribution in [-0.4, -0.2) is 43.5 Å². The van der Waals surface area contributed by atoms with Gasteiger partial charge in [0.2, 0.25) is 0 Å². The molecule has 1 aliphatic heterocycles. The van der Waals surface area contributed by atoms with E-state index >= 15 is 0 Å². The van der Waals surface area contributed by atoms with Crippen molar-refractivity contribution in [2.24, 2.45) is 0 Å². The molecule has 0 radical (unpaired) electrons. The van der Waals surface area contributed by atoms with E-state index in [1.807, 2.05) is 6.20 Å². The molecule has 114 valence electrons. The minimum atomic E-state index is 0.365. The number of thioether (sulfide) groups is 2. The lowest BCUT2D eigenvalue weighted by atomic mass is 10.1. The van der Waals surface area contributed by atoms with Crippen LogP contribution in [0.4, 0.5) is 0 Å². The molecule has 0 spiro atoms. The van der Waals surface area contributed by atoms with Crippen LogP contribution in [0.5, 0.6) is 0 Å². The Morgan fingerprint density at radius 1 is 1.35 bits per heavy atom. The summed E-state index contributed by atoms with van der Waals surface area (Å²) in [5.74, 6) is 2.54. The highest BCUT2D eigenvalue weighted by Gasteiger charge is 2.34. The molecule has 3 unspecified atom stereocenters. The highest BCUT2D eigenvalue weighted by atomic mass is 32.2. The zero-order valence-electron chi connectivity index (χ0n) is 12.7. The monoisotopic (exact) mass is 314 g/mol. The van der Waals surface area contributed by atoms with Crippen molar-refractivity contribution in [3.63, 3.8) is 0 Å². The van der Waals surface area contributed by atoms with Crippen molar-refractivity contribution < 1.29 is 0 Å². The fraction of sp³-hybridized carbons (Fsp3) is 0.857. The van der Waals surface area contributed by atoms with Crippen molar-refractivity contribution in [1.82, 2.24) is 20.3 Å². The number of nitrogens with one attached hydrogen (secondary N) is 1. The van der Waals surface area contributed by atoms with Gasteiger partial charge in [-0.1, -0.05) is 26.0 Å². The van der Waals surface area contributed by atoms with Crippen LogP contribution in [0.15, 0.2) is 6.20 Å². The van der Waals surface area contributed by atoms with E-state index in [1.54, 1.807) is 0 Å². The number of aryl methyl sites for hydroxylation is 1. The number of hydrogen-bond donors (Lipinski definition) is 1. The molecule has 4 nitrogen and oxygen atoms in total. The third-order valence-corrected chi connectivity index (χ3v) is 7.00. The molecule has 1 aliphatic rings. The lowest BCUT2D eigenvalue weighted by Gasteiger charge is -2.36. The van der Waals surface area contributed by atoms with E-state index in [0.717, 1.165) is 24.8 Å². The topological polar surface area (TPSA) is 42.7 Å². The van der Waals surface area contributed by atoms with Gasteiger partial charge in [0.05, 0.1) is 17.9 Å². The van der Waals surface area contributed by atoms with Crippen molar-refractivity contribution in [2.45, 2.75) is 56.7 Å². The van der Waals surface area contributed by atoms with E-state index in [0.29, 0.717) is 11.3 Å². The summed E-state index contributed by atoms with van der Waals surface area (Å²) in [6.45, 7) is 8.62. The van der Waals surface area contributed by atoms with Gasteiger partial charge >= 0.3 is 0 Å². The van der Waals surface area contributed by atoms with Crippen LogP contribution in [0.1, 0.15) is 45.3 Å². The van der Waals surface area contributed by atoms with E-state index in [4.69, 9.17) is 0 Å². The predicted molar refractivity (Wildman–Crippen MR) is 89.5 cm³/mol. The molecular weight excluding hydrogens is 288 g/mol. The van der Waals surface area contributed by atoms with Gasteiger partial charge in [0, 0.05) is 28.6 Å². The molecule has 0 bridgehead atoms. The zero-order valence-corrected chi connectivity index (χ0v) is 14.3. The van der Waals surface area contributed by atoms with E-state index in [1.165, 1.54) is 23.6 Å². The molecule has 0 saturated carbocycles. The van der Waals surface area contributed by atoms with Crippen LogP contribution >= 0.6 is 23.5 Å². The SMILES string of the molecule is CCCn1nncc1C(NCC)C1SCCSC1CC. The molecule has 1 fully saturated rings. The highest BCUT2D eigenvalue weighted by Crippen LogP contribution is 2.40. The molecule has 0 amide bonds. The second-order valence-electron chi connectivity index (χ2n) is 5.07. The average molecular weight is 315 g/mol. The maximum atomic E-state index is 4.27. The maximum Gasteiger partial charge on any atom is 0.0768 e. The van der Waals surface area contributed by atoms with E-state index in [2.05, 4.69) is 64.6 Å². The first-order valence-electron chi connectivity index (χ1n) is 7.66. The standard InChI is InChI=1S/C14H26N4S2/c1-4-7-18-11(10-16-17-18)13(15-6-3)14-12(5-2)19-8-9-20-14/h10,12-15H,4-9H2,1-3H3. The number of hydrogen-bond acceptors (Lipinski definition) is 5. The summed E-state index contributed by atoms with van der Waals surface area (Å²) in [4.78, 5) is 0. The summed E-state index contributed by atoms with van der Waals surface area (Å²) < 4.78 is 2.08. The molecule has 2 heterocycles. The van der Waals surface area contributed by atoms with Gasteiger partial charge in [-0.05, 0) is 19.4 Å². The molecule has 2 rings (SSSR count). The second kappa shape index (κ2) is 8.29. The minimum absolute atomic E-state index is 0.365. The van der Waals surface area contributed by atoms with Crippen LogP contribution in [0.25, 0.3) is 0 Å². The molecule has 1 N–H and O–H groups in total. The van der Waals surface area contributed by atoms with E-state index in [9.17, 15) is 0 Å². The summed E-state index contributed by atoms with van der Waals surface area (Å²) in [6, 6.07) is 0.365. The Morgan fingerprint density at radius 2 is 2.15 bits per heavy atom. The molecular formula is C14H26N4S2. The number of nitrogens with zero attached hydrogens (tertiary/aromatic N) is 3. The van der Waals surface area contributed by atoms with Crippen molar-refractivity contribution in [1.29, 1.82) is 0 Å². The van der Waals surface area contributed by atoms with Crippen molar-refractivity contribution in [3.05, 3.63) is 11.9 Å². The predicted octanol–water partition coefficient (Wildman–Crippen LogP) is 2.97. The fourth-order valence-electron chi connectivity index (χ4n) is 2.75. The van der Waals surface area contributed by atoms with E-state index in [-0.39, 0.29) is 0 Å². The van der Waals surface area contributed by atoms with Crippen LogP contribution in [0, 0.1) is 0 Å². The second-order valence-corrected chi connectivity index (χ2v) is 7.70. The Balaban J connectivity index is 2.22. The minimum Gasteiger partial charge on any atom is -0.308 e. The zero-order chi connectivity index (χ0) is 14.4. The Kier molecular flexibility index (Phi) is 6.71. The first-order valence-corrected chi connectivity index (χ1v) is 9.76. The highest BCUT2D eigenvalue weighted by molar-refractivity contribution is 8.07. The molecule has 0 aromatic carbocycles. The van der Waals surface area contributed by atoms with Crippen LogP contribution < -0.4 is 5.32 Å². The fourth-order valence-corrected chi connectivity index (χ4v) is 5.98. The van der Waals surface area contributed by atoms with Gasteiger partial charge in [-0.25, -0.2) is 4.68 Å². The third-order valence-electron chi connectivity index (χ3n) is 3.65. The van der Waals surface area contributed by atoms with Gasteiger partial charge in [0.15, 0.2) is 0 Å². The molecule has 1 aromatic rings. The molecule has 1 aromatic heterocycles. The average Bonchev–Trinajstić information content (AvgIpc) is 2.93. The molecule has 6 heteroatoms. The van der Waals surface area contributed by atoms with Gasteiger partial charge < -0.3 is 5.32 Å². The number of rotatable bonds is 7. The van der Waals surface area contributed by atoms with Crippen LogP contribution in [-0.2, 0) is 6.54 Å². The Morgan fingerprint density at radius 3 is 2.85 bits per heavy atom. The lowest BCUT2D eigenvalue weighted by molar-refractivity contribution is 0.455. The summed E-state index contributed by atoms with van der Waals surface area (Å²) in [5, 5.41) is 13.4. The van der Waals surface area contributed by atoms with Gasteiger partial charge in [-0.2, -0.15) is 23.5 Å². The third kappa shape index (κ3) is 3.71. The number of aromatic nitrogens is 3. The van der Waals surface area contributed by atoms with Gasteiger partial charge in [0.1, 0.15) is 0 Å². The Bertz CT molecular complexity index is 396. The largest absolute Gasteiger partial charge is 0.308 e. The first-order chi connectivity index (χ1) is 9.81. The molecule has 20 heavy (non-hydrogen) atoms. The Hall–Kier alpha value is -0.200.